The van der Waals surface area contributed by atoms with Crippen LogP contribution in [0.15, 0.2) is 16.1 Å². The molecule has 0 bridgehead atoms. The van der Waals surface area contributed by atoms with Crippen LogP contribution >= 0.6 is 0 Å². The summed E-state index contributed by atoms with van der Waals surface area (Å²) in [6.07, 6.45) is 0. The van der Waals surface area contributed by atoms with E-state index in [1.54, 1.807) is 6.92 Å². The number of rotatable bonds is 0. The summed E-state index contributed by atoms with van der Waals surface area (Å²) in [5.41, 5.74) is 0.562. The minimum atomic E-state index is -3.09. The first kappa shape index (κ1) is 6.48. The Morgan fingerprint density at radius 1 is 1.44 bits per heavy atom. The van der Waals surface area contributed by atoms with Crippen molar-refractivity contribution in [3.63, 3.8) is 0 Å². The standard InChI is InChI=1S/C5H7NO2S/c1-4-3-9(7,8)5(2)6-4/h3H,1-2H3. The van der Waals surface area contributed by atoms with Crippen LogP contribution in [0.1, 0.15) is 13.8 Å². The third-order valence-electron chi connectivity index (χ3n) is 1.07. The summed E-state index contributed by atoms with van der Waals surface area (Å²) in [4.78, 5) is 3.73. The van der Waals surface area contributed by atoms with Gasteiger partial charge in [-0.25, -0.2) is 13.4 Å². The molecule has 1 aliphatic rings. The molecule has 4 heteroatoms. The van der Waals surface area contributed by atoms with Crippen molar-refractivity contribution in [3.8, 4) is 0 Å². The topological polar surface area (TPSA) is 46.5 Å². The Balaban J connectivity index is 3.28. The van der Waals surface area contributed by atoms with Gasteiger partial charge in [-0.3, -0.25) is 0 Å². The summed E-state index contributed by atoms with van der Waals surface area (Å²) in [6.45, 7) is 3.15. The van der Waals surface area contributed by atoms with Crippen LogP contribution in [-0.2, 0) is 9.84 Å². The quantitative estimate of drug-likeness (QED) is 0.503. The van der Waals surface area contributed by atoms with E-state index in [2.05, 4.69) is 4.99 Å². The Labute approximate surface area is 54.0 Å². The molecule has 1 heterocycles. The molecular formula is C5H7NO2S. The van der Waals surface area contributed by atoms with E-state index in [0.717, 1.165) is 0 Å². The minimum Gasteiger partial charge on any atom is -0.245 e. The second-order valence-corrected chi connectivity index (χ2v) is 3.85. The number of hydrogen-bond donors (Lipinski definition) is 0. The second kappa shape index (κ2) is 1.67. The highest BCUT2D eigenvalue weighted by molar-refractivity contribution is 8.09. The van der Waals surface area contributed by atoms with E-state index in [4.69, 9.17) is 0 Å². The average molecular weight is 145 g/mol. The molecule has 0 radical (unpaired) electrons. The summed E-state index contributed by atoms with van der Waals surface area (Å²) in [5.74, 6) is 0. The van der Waals surface area contributed by atoms with Crippen LogP contribution in [0.2, 0.25) is 0 Å². The molecule has 0 amide bonds. The van der Waals surface area contributed by atoms with Crippen molar-refractivity contribution >= 4 is 14.9 Å². The molecule has 50 valence electrons. The van der Waals surface area contributed by atoms with Crippen LogP contribution in [-0.4, -0.2) is 13.5 Å². The van der Waals surface area contributed by atoms with Crippen LogP contribution in [0.3, 0.4) is 0 Å². The van der Waals surface area contributed by atoms with Gasteiger partial charge in [0.1, 0.15) is 5.04 Å². The number of nitrogens with zero attached hydrogens (tertiary/aromatic N) is 1. The first-order valence-electron chi connectivity index (χ1n) is 2.51. The maximum Gasteiger partial charge on any atom is 0.214 e. The summed E-state index contributed by atoms with van der Waals surface area (Å²) in [5, 5.41) is 1.36. The molecule has 0 N–H and O–H groups in total. The first-order chi connectivity index (χ1) is 4.02. The van der Waals surface area contributed by atoms with Crippen LogP contribution in [0.4, 0.5) is 0 Å². The summed E-state index contributed by atoms with van der Waals surface area (Å²) >= 11 is 0. The lowest BCUT2D eigenvalue weighted by molar-refractivity contribution is 0.615. The molecule has 3 nitrogen and oxygen atoms in total. The zero-order valence-electron chi connectivity index (χ0n) is 5.25. The van der Waals surface area contributed by atoms with Gasteiger partial charge in [-0.1, -0.05) is 0 Å². The van der Waals surface area contributed by atoms with E-state index in [1.807, 2.05) is 0 Å². The molecular weight excluding hydrogens is 138 g/mol. The van der Waals surface area contributed by atoms with Gasteiger partial charge in [-0.05, 0) is 13.8 Å². The number of hydrogen-bond acceptors (Lipinski definition) is 3. The van der Waals surface area contributed by atoms with Crippen molar-refractivity contribution in [2.45, 2.75) is 13.8 Å². The van der Waals surface area contributed by atoms with Gasteiger partial charge in [0.15, 0.2) is 0 Å². The molecule has 0 atom stereocenters. The van der Waals surface area contributed by atoms with Gasteiger partial charge in [0.05, 0.1) is 11.1 Å². The van der Waals surface area contributed by atoms with Crippen LogP contribution < -0.4 is 0 Å². The van der Waals surface area contributed by atoms with Crippen molar-refractivity contribution in [1.29, 1.82) is 0 Å². The highest BCUT2D eigenvalue weighted by Gasteiger charge is 2.17. The average Bonchev–Trinajstić information content (AvgIpc) is 1.79. The Hall–Kier alpha value is -0.640. The minimum absolute atomic E-state index is 0.194. The first-order valence-corrected chi connectivity index (χ1v) is 4.06. The second-order valence-electron chi connectivity index (χ2n) is 1.94. The predicted molar refractivity (Wildman–Crippen MR) is 35.8 cm³/mol. The Bertz CT molecular complexity index is 284. The summed E-state index contributed by atoms with van der Waals surface area (Å²) in [6, 6.07) is 0. The smallest absolute Gasteiger partial charge is 0.214 e. The van der Waals surface area contributed by atoms with Crippen molar-refractivity contribution in [1.82, 2.24) is 0 Å². The lowest BCUT2D eigenvalue weighted by atomic mass is 10.6. The fourth-order valence-electron chi connectivity index (χ4n) is 0.648. The monoisotopic (exact) mass is 145 g/mol. The molecule has 0 saturated heterocycles. The predicted octanol–water partition coefficient (Wildman–Crippen LogP) is 0.695. The largest absolute Gasteiger partial charge is 0.245 e. The van der Waals surface area contributed by atoms with Gasteiger partial charge >= 0.3 is 0 Å². The molecule has 0 saturated carbocycles. The molecule has 0 aliphatic carbocycles. The highest BCUT2D eigenvalue weighted by Crippen LogP contribution is 2.12. The van der Waals surface area contributed by atoms with Gasteiger partial charge < -0.3 is 0 Å². The van der Waals surface area contributed by atoms with Crippen molar-refractivity contribution < 1.29 is 8.42 Å². The Kier molecular flexibility index (Phi) is 1.20. The number of allylic oxidation sites excluding steroid dienone is 1. The van der Waals surface area contributed by atoms with E-state index < -0.39 is 9.84 Å². The number of sulfone groups is 1. The van der Waals surface area contributed by atoms with Crippen molar-refractivity contribution in [3.05, 3.63) is 11.1 Å². The van der Waals surface area contributed by atoms with E-state index >= 15 is 0 Å². The van der Waals surface area contributed by atoms with Gasteiger partial charge in [0, 0.05) is 0 Å². The summed E-state index contributed by atoms with van der Waals surface area (Å²) < 4.78 is 21.5. The van der Waals surface area contributed by atoms with E-state index in [-0.39, 0.29) is 5.04 Å². The maximum absolute atomic E-state index is 10.8. The molecule has 0 aromatic heterocycles. The van der Waals surface area contributed by atoms with Crippen LogP contribution in [0.25, 0.3) is 0 Å². The van der Waals surface area contributed by atoms with Gasteiger partial charge in [0.25, 0.3) is 0 Å². The third kappa shape index (κ3) is 1.03. The summed E-state index contributed by atoms with van der Waals surface area (Å²) in [7, 11) is -3.09. The van der Waals surface area contributed by atoms with Gasteiger partial charge in [0.2, 0.25) is 9.84 Å². The lowest BCUT2D eigenvalue weighted by Crippen LogP contribution is -2.01. The highest BCUT2D eigenvalue weighted by atomic mass is 32.2. The van der Waals surface area contributed by atoms with E-state index in [1.165, 1.54) is 12.3 Å². The fraction of sp³-hybridized carbons (Fsp3) is 0.400. The molecule has 9 heavy (non-hydrogen) atoms. The van der Waals surface area contributed by atoms with Crippen molar-refractivity contribution in [2.24, 2.45) is 4.99 Å². The molecule has 1 rings (SSSR count). The Morgan fingerprint density at radius 3 is 2.11 bits per heavy atom. The number of aliphatic imine (C=N–C) groups is 1. The van der Waals surface area contributed by atoms with Gasteiger partial charge in [-0.2, -0.15) is 0 Å². The molecule has 0 aromatic rings. The molecule has 0 fully saturated rings. The van der Waals surface area contributed by atoms with Crippen LogP contribution in [0.5, 0.6) is 0 Å². The lowest BCUT2D eigenvalue weighted by Gasteiger charge is -1.84. The molecule has 0 spiro atoms. The van der Waals surface area contributed by atoms with E-state index in [0.29, 0.717) is 5.70 Å². The zero-order chi connectivity index (χ0) is 7.07. The maximum atomic E-state index is 10.8. The molecule has 0 aromatic carbocycles. The molecule has 0 unspecified atom stereocenters. The van der Waals surface area contributed by atoms with E-state index in [9.17, 15) is 8.42 Å². The Morgan fingerprint density at radius 2 is 2.00 bits per heavy atom. The zero-order valence-corrected chi connectivity index (χ0v) is 6.07. The van der Waals surface area contributed by atoms with Gasteiger partial charge in [-0.15, -0.1) is 0 Å². The fourth-order valence-corrected chi connectivity index (χ4v) is 1.59. The van der Waals surface area contributed by atoms with Crippen molar-refractivity contribution in [2.75, 3.05) is 0 Å². The van der Waals surface area contributed by atoms with Crippen LogP contribution in [0, 0.1) is 0 Å². The third-order valence-corrected chi connectivity index (χ3v) is 2.64. The SMILES string of the molecule is CC1=CS(=O)(=O)C(C)=N1. The molecule has 1 aliphatic heterocycles. The normalized spacial score (nSPS) is 23.3.